The van der Waals surface area contributed by atoms with Gasteiger partial charge in [0, 0.05) is 18.0 Å². The van der Waals surface area contributed by atoms with E-state index >= 15 is 0 Å². The lowest BCUT2D eigenvalue weighted by Crippen LogP contribution is -2.22. The SMILES string of the molecule is CC(C)NCc1csc(C(F)(F)F)n1. The highest BCUT2D eigenvalue weighted by Gasteiger charge is 2.34. The van der Waals surface area contributed by atoms with Crippen molar-refractivity contribution in [1.29, 1.82) is 0 Å². The zero-order valence-corrected chi connectivity index (χ0v) is 8.67. The van der Waals surface area contributed by atoms with Gasteiger partial charge in [-0.3, -0.25) is 0 Å². The van der Waals surface area contributed by atoms with E-state index in [1.165, 1.54) is 5.38 Å². The number of thiazole rings is 1. The fraction of sp³-hybridized carbons (Fsp3) is 0.625. The molecule has 1 rings (SSSR count). The molecule has 2 nitrogen and oxygen atoms in total. The van der Waals surface area contributed by atoms with Gasteiger partial charge < -0.3 is 5.32 Å². The molecule has 1 heterocycles. The Morgan fingerprint density at radius 3 is 2.57 bits per heavy atom. The van der Waals surface area contributed by atoms with Crippen LogP contribution in [0.15, 0.2) is 5.38 Å². The second kappa shape index (κ2) is 4.27. The summed E-state index contributed by atoms with van der Waals surface area (Å²) >= 11 is 0.632. The molecule has 0 unspecified atom stereocenters. The molecule has 0 aliphatic carbocycles. The smallest absolute Gasteiger partial charge is 0.309 e. The highest BCUT2D eigenvalue weighted by molar-refractivity contribution is 7.09. The molecular weight excluding hydrogens is 213 g/mol. The molecule has 0 atom stereocenters. The Morgan fingerprint density at radius 2 is 2.14 bits per heavy atom. The quantitative estimate of drug-likeness (QED) is 0.853. The molecule has 1 aromatic rings. The van der Waals surface area contributed by atoms with Crippen LogP contribution in [0.3, 0.4) is 0 Å². The van der Waals surface area contributed by atoms with Crippen LogP contribution >= 0.6 is 11.3 Å². The summed E-state index contributed by atoms with van der Waals surface area (Å²) in [5.74, 6) is 0. The molecule has 0 fully saturated rings. The average molecular weight is 224 g/mol. The molecule has 0 saturated carbocycles. The van der Waals surface area contributed by atoms with Crippen LogP contribution in [-0.2, 0) is 12.7 Å². The number of hydrogen-bond donors (Lipinski definition) is 1. The molecule has 80 valence electrons. The summed E-state index contributed by atoms with van der Waals surface area (Å²) < 4.78 is 36.4. The van der Waals surface area contributed by atoms with E-state index in [2.05, 4.69) is 10.3 Å². The molecule has 0 aliphatic heterocycles. The Morgan fingerprint density at radius 1 is 1.50 bits per heavy atom. The zero-order chi connectivity index (χ0) is 10.8. The predicted molar refractivity (Wildman–Crippen MR) is 49.1 cm³/mol. The molecule has 1 N–H and O–H groups in total. The average Bonchev–Trinajstić information content (AvgIpc) is 2.47. The first-order chi connectivity index (χ1) is 6.39. The topological polar surface area (TPSA) is 24.9 Å². The Kier molecular flexibility index (Phi) is 3.49. The third kappa shape index (κ3) is 3.26. The Labute approximate surface area is 84.2 Å². The Hall–Kier alpha value is -0.620. The third-order valence-electron chi connectivity index (χ3n) is 1.49. The molecule has 0 aliphatic rings. The number of nitrogens with one attached hydrogen (secondary N) is 1. The summed E-state index contributed by atoms with van der Waals surface area (Å²) in [7, 11) is 0. The molecule has 0 radical (unpaired) electrons. The standard InChI is InChI=1S/C8H11F3N2S/c1-5(2)12-3-6-4-14-7(13-6)8(9,10)11/h4-5,12H,3H2,1-2H3. The Balaban J connectivity index is 2.60. The van der Waals surface area contributed by atoms with Gasteiger partial charge in [-0.05, 0) is 0 Å². The van der Waals surface area contributed by atoms with E-state index in [4.69, 9.17) is 0 Å². The second-order valence-corrected chi connectivity index (χ2v) is 4.04. The molecule has 0 amide bonds. The number of hydrogen-bond acceptors (Lipinski definition) is 3. The fourth-order valence-electron chi connectivity index (χ4n) is 0.827. The van der Waals surface area contributed by atoms with Crippen molar-refractivity contribution in [1.82, 2.24) is 10.3 Å². The van der Waals surface area contributed by atoms with Crippen LogP contribution in [-0.4, -0.2) is 11.0 Å². The lowest BCUT2D eigenvalue weighted by Gasteiger charge is -2.05. The third-order valence-corrected chi connectivity index (χ3v) is 2.42. The zero-order valence-electron chi connectivity index (χ0n) is 7.85. The summed E-state index contributed by atoms with van der Waals surface area (Å²) in [6.45, 7) is 4.23. The summed E-state index contributed by atoms with van der Waals surface area (Å²) in [4.78, 5) is 3.48. The van der Waals surface area contributed by atoms with Crippen molar-refractivity contribution >= 4 is 11.3 Å². The van der Waals surface area contributed by atoms with Gasteiger partial charge in [-0.25, -0.2) is 4.98 Å². The van der Waals surface area contributed by atoms with Crippen LogP contribution in [0.5, 0.6) is 0 Å². The van der Waals surface area contributed by atoms with Crippen molar-refractivity contribution in [3.8, 4) is 0 Å². The monoisotopic (exact) mass is 224 g/mol. The van der Waals surface area contributed by atoms with Crippen LogP contribution in [0.1, 0.15) is 24.5 Å². The van der Waals surface area contributed by atoms with Crippen LogP contribution in [0.25, 0.3) is 0 Å². The highest BCUT2D eigenvalue weighted by atomic mass is 32.1. The maximum atomic E-state index is 12.1. The maximum absolute atomic E-state index is 12.1. The molecule has 0 spiro atoms. The van der Waals surface area contributed by atoms with Crippen LogP contribution < -0.4 is 5.32 Å². The van der Waals surface area contributed by atoms with Gasteiger partial charge in [0.15, 0.2) is 5.01 Å². The molecule has 14 heavy (non-hydrogen) atoms. The summed E-state index contributed by atoms with van der Waals surface area (Å²) in [6.07, 6.45) is -4.32. The molecule has 1 aromatic heterocycles. The summed E-state index contributed by atoms with van der Waals surface area (Å²) in [5, 5.41) is 3.65. The van der Waals surface area contributed by atoms with E-state index in [1.807, 2.05) is 13.8 Å². The fourth-order valence-corrected chi connectivity index (χ4v) is 1.51. The second-order valence-electron chi connectivity index (χ2n) is 3.18. The van der Waals surface area contributed by atoms with Gasteiger partial charge in [0.05, 0.1) is 5.69 Å². The highest BCUT2D eigenvalue weighted by Crippen LogP contribution is 2.31. The lowest BCUT2D eigenvalue weighted by atomic mass is 10.4. The molecule has 0 bridgehead atoms. The minimum absolute atomic E-state index is 0.242. The minimum atomic E-state index is -4.32. The molecule has 6 heteroatoms. The van der Waals surface area contributed by atoms with E-state index in [1.54, 1.807) is 0 Å². The first kappa shape index (κ1) is 11.5. The van der Waals surface area contributed by atoms with Crippen molar-refractivity contribution in [3.63, 3.8) is 0 Å². The normalized spacial score (nSPS) is 12.4. The summed E-state index contributed by atoms with van der Waals surface area (Å²) in [5.41, 5.74) is 0.441. The predicted octanol–water partition coefficient (Wildman–Crippen LogP) is 2.66. The number of halogens is 3. The van der Waals surface area contributed by atoms with Crippen molar-refractivity contribution < 1.29 is 13.2 Å². The van der Waals surface area contributed by atoms with Crippen molar-refractivity contribution in [2.24, 2.45) is 0 Å². The number of aromatic nitrogens is 1. The van der Waals surface area contributed by atoms with Gasteiger partial charge in [0.1, 0.15) is 0 Å². The maximum Gasteiger partial charge on any atom is 0.443 e. The van der Waals surface area contributed by atoms with E-state index in [-0.39, 0.29) is 6.04 Å². The van der Waals surface area contributed by atoms with Gasteiger partial charge in [0.2, 0.25) is 0 Å². The van der Waals surface area contributed by atoms with E-state index in [0.717, 1.165) is 0 Å². The molecular formula is C8H11F3N2S. The summed E-state index contributed by atoms with van der Waals surface area (Å²) in [6, 6.07) is 0.242. The van der Waals surface area contributed by atoms with Crippen molar-refractivity contribution in [3.05, 3.63) is 16.1 Å². The first-order valence-corrected chi connectivity index (χ1v) is 5.02. The number of nitrogens with zero attached hydrogens (tertiary/aromatic N) is 1. The van der Waals surface area contributed by atoms with Crippen LogP contribution in [0, 0.1) is 0 Å². The number of rotatable bonds is 3. The number of alkyl halides is 3. The van der Waals surface area contributed by atoms with Crippen molar-refractivity contribution in [2.75, 3.05) is 0 Å². The van der Waals surface area contributed by atoms with E-state index < -0.39 is 11.2 Å². The minimum Gasteiger partial charge on any atom is -0.309 e. The van der Waals surface area contributed by atoms with Crippen LogP contribution in [0.4, 0.5) is 13.2 Å². The van der Waals surface area contributed by atoms with Crippen LogP contribution in [0.2, 0.25) is 0 Å². The molecule has 0 aromatic carbocycles. The first-order valence-electron chi connectivity index (χ1n) is 4.14. The van der Waals surface area contributed by atoms with Gasteiger partial charge in [0.25, 0.3) is 0 Å². The van der Waals surface area contributed by atoms with Gasteiger partial charge in [-0.15, -0.1) is 11.3 Å². The molecule has 0 saturated heterocycles. The largest absolute Gasteiger partial charge is 0.443 e. The van der Waals surface area contributed by atoms with Gasteiger partial charge in [-0.1, -0.05) is 13.8 Å². The van der Waals surface area contributed by atoms with E-state index in [0.29, 0.717) is 23.6 Å². The van der Waals surface area contributed by atoms with E-state index in [9.17, 15) is 13.2 Å². The lowest BCUT2D eigenvalue weighted by molar-refractivity contribution is -0.137. The Bertz CT molecular complexity index is 293. The van der Waals surface area contributed by atoms with Gasteiger partial charge in [-0.2, -0.15) is 13.2 Å². The van der Waals surface area contributed by atoms with Gasteiger partial charge >= 0.3 is 6.18 Å². The van der Waals surface area contributed by atoms with Crippen molar-refractivity contribution in [2.45, 2.75) is 32.6 Å².